The second-order valence-electron chi connectivity index (χ2n) is 6.76. The number of nitrogens with one attached hydrogen (secondary N) is 2. The van der Waals surface area contributed by atoms with Gasteiger partial charge < -0.3 is 14.8 Å². The van der Waals surface area contributed by atoms with Gasteiger partial charge in [0.1, 0.15) is 11.3 Å². The summed E-state index contributed by atoms with van der Waals surface area (Å²) in [6, 6.07) is 15.0. The summed E-state index contributed by atoms with van der Waals surface area (Å²) in [6.45, 7) is 1.96. The molecule has 0 spiro atoms. The fraction of sp³-hybridized carbons (Fsp3) is 0.0455. The lowest BCUT2D eigenvalue weighted by Gasteiger charge is -2.11. The van der Waals surface area contributed by atoms with Gasteiger partial charge in [-0.3, -0.25) is 10.1 Å². The fourth-order valence-corrected chi connectivity index (χ4v) is 3.42. The third-order valence-corrected chi connectivity index (χ3v) is 5.38. The van der Waals surface area contributed by atoms with E-state index in [-0.39, 0.29) is 15.9 Å². The van der Waals surface area contributed by atoms with Crippen molar-refractivity contribution >= 4 is 63.2 Å². The number of halogens is 2. The highest BCUT2D eigenvalue weighted by Crippen LogP contribution is 2.33. The molecule has 3 aromatic carbocycles. The smallest absolute Gasteiger partial charge is 0.257 e. The summed E-state index contributed by atoms with van der Waals surface area (Å²) in [6.07, 6.45) is 0. The van der Waals surface area contributed by atoms with Crippen LogP contribution in [0.25, 0.3) is 22.6 Å². The van der Waals surface area contributed by atoms with E-state index in [4.69, 9.17) is 39.8 Å². The van der Waals surface area contributed by atoms with Crippen LogP contribution in [0.4, 0.5) is 5.69 Å². The van der Waals surface area contributed by atoms with Crippen molar-refractivity contribution in [1.82, 2.24) is 10.3 Å². The normalized spacial score (nSPS) is 10.8. The third-order valence-electron chi connectivity index (χ3n) is 4.44. The molecule has 0 radical (unpaired) electrons. The molecule has 31 heavy (non-hydrogen) atoms. The maximum Gasteiger partial charge on any atom is 0.257 e. The molecule has 4 rings (SSSR count). The molecule has 6 nitrogen and oxygen atoms in total. The van der Waals surface area contributed by atoms with Gasteiger partial charge in [-0.25, -0.2) is 4.98 Å². The number of aromatic hydroxyl groups is 1. The Labute approximate surface area is 192 Å². The van der Waals surface area contributed by atoms with Crippen molar-refractivity contribution in [2.24, 2.45) is 0 Å². The highest BCUT2D eigenvalue weighted by atomic mass is 35.5. The van der Waals surface area contributed by atoms with Gasteiger partial charge in [-0.2, -0.15) is 0 Å². The SMILES string of the molecule is Cc1ccc2nc(-c3ccc(NC(=S)NC(=O)c4ccc(Cl)c(Cl)c4)cc3O)oc2c1. The highest BCUT2D eigenvalue weighted by molar-refractivity contribution is 7.80. The first-order valence-corrected chi connectivity index (χ1v) is 10.2. The average molecular weight is 472 g/mol. The number of benzene rings is 3. The lowest BCUT2D eigenvalue weighted by atomic mass is 10.2. The molecule has 0 atom stereocenters. The van der Waals surface area contributed by atoms with Crippen molar-refractivity contribution in [3.8, 4) is 17.2 Å². The van der Waals surface area contributed by atoms with Gasteiger partial charge in [-0.15, -0.1) is 0 Å². The minimum absolute atomic E-state index is 0.0492. The maximum absolute atomic E-state index is 12.3. The molecule has 0 fully saturated rings. The molecule has 1 aromatic heterocycles. The fourth-order valence-electron chi connectivity index (χ4n) is 2.91. The van der Waals surface area contributed by atoms with Crippen LogP contribution in [-0.4, -0.2) is 21.1 Å². The number of phenols is 1. The Kier molecular flexibility index (Phi) is 5.82. The number of nitrogens with zero attached hydrogens (tertiary/aromatic N) is 1. The van der Waals surface area contributed by atoms with E-state index in [1.807, 2.05) is 25.1 Å². The van der Waals surface area contributed by atoms with Gasteiger partial charge in [0, 0.05) is 17.3 Å². The molecule has 1 heterocycles. The lowest BCUT2D eigenvalue weighted by molar-refractivity contribution is 0.0977. The summed E-state index contributed by atoms with van der Waals surface area (Å²) in [7, 11) is 0. The molecule has 1 amide bonds. The van der Waals surface area contributed by atoms with Crippen molar-refractivity contribution in [3.05, 3.63) is 75.8 Å². The molecule has 9 heteroatoms. The molecule has 3 N–H and O–H groups in total. The Bertz CT molecular complexity index is 1340. The minimum Gasteiger partial charge on any atom is -0.507 e. The number of hydrogen-bond acceptors (Lipinski definition) is 5. The number of anilines is 1. The van der Waals surface area contributed by atoms with Crippen LogP contribution >= 0.6 is 35.4 Å². The number of aromatic nitrogens is 1. The van der Waals surface area contributed by atoms with E-state index in [0.29, 0.717) is 38.8 Å². The van der Waals surface area contributed by atoms with Crippen LogP contribution in [0.3, 0.4) is 0 Å². The Morgan fingerprint density at radius 1 is 1.06 bits per heavy atom. The number of aryl methyl sites for hydroxylation is 1. The Morgan fingerprint density at radius 3 is 2.61 bits per heavy atom. The summed E-state index contributed by atoms with van der Waals surface area (Å²) in [5, 5.41) is 16.5. The predicted molar refractivity (Wildman–Crippen MR) is 126 cm³/mol. The molecular weight excluding hydrogens is 457 g/mol. The Balaban J connectivity index is 1.47. The van der Waals surface area contributed by atoms with Crippen LogP contribution in [0, 0.1) is 6.92 Å². The Morgan fingerprint density at radius 2 is 1.87 bits per heavy atom. The first-order chi connectivity index (χ1) is 14.8. The minimum atomic E-state index is -0.446. The van der Waals surface area contributed by atoms with E-state index in [1.54, 1.807) is 12.1 Å². The van der Waals surface area contributed by atoms with Crippen molar-refractivity contribution in [2.45, 2.75) is 6.92 Å². The van der Waals surface area contributed by atoms with E-state index in [9.17, 15) is 9.90 Å². The van der Waals surface area contributed by atoms with Crippen LogP contribution in [0.1, 0.15) is 15.9 Å². The number of hydrogen-bond donors (Lipinski definition) is 3. The molecule has 0 aliphatic carbocycles. The number of oxazole rings is 1. The van der Waals surface area contributed by atoms with E-state index in [0.717, 1.165) is 5.56 Å². The zero-order chi connectivity index (χ0) is 22.1. The van der Waals surface area contributed by atoms with Gasteiger partial charge in [0.05, 0.1) is 15.6 Å². The molecule has 0 saturated heterocycles. The van der Waals surface area contributed by atoms with Crippen LogP contribution < -0.4 is 10.6 Å². The zero-order valence-electron chi connectivity index (χ0n) is 16.1. The molecular formula is C22H15Cl2N3O3S. The molecule has 0 unspecified atom stereocenters. The summed E-state index contributed by atoms with van der Waals surface area (Å²) >= 11 is 17.0. The summed E-state index contributed by atoms with van der Waals surface area (Å²) in [5.41, 5.74) is 3.62. The van der Waals surface area contributed by atoms with Gasteiger partial charge in [0.15, 0.2) is 10.7 Å². The second-order valence-corrected chi connectivity index (χ2v) is 7.98. The first kappa shape index (κ1) is 21.1. The van der Waals surface area contributed by atoms with Crippen LogP contribution in [0.2, 0.25) is 10.0 Å². The standard InChI is InChI=1S/C22H15Cl2N3O3S/c1-11-2-7-17-19(8-11)30-21(26-17)14-5-4-13(10-18(14)28)25-22(31)27-20(29)12-3-6-15(23)16(24)9-12/h2-10,28H,1H3,(H2,25,27,29,31). The monoisotopic (exact) mass is 471 g/mol. The predicted octanol–water partition coefficient (Wildman–Crippen LogP) is 5.94. The molecule has 0 aliphatic heterocycles. The molecule has 156 valence electrons. The largest absolute Gasteiger partial charge is 0.507 e. The van der Waals surface area contributed by atoms with Gasteiger partial charge in [-0.05, 0) is 67.2 Å². The van der Waals surface area contributed by atoms with E-state index < -0.39 is 5.91 Å². The van der Waals surface area contributed by atoms with Crippen molar-refractivity contribution < 1.29 is 14.3 Å². The first-order valence-electron chi connectivity index (χ1n) is 9.08. The number of rotatable bonds is 3. The number of fused-ring (bicyclic) bond motifs is 1. The van der Waals surface area contributed by atoms with E-state index in [2.05, 4.69) is 15.6 Å². The number of amides is 1. The highest BCUT2D eigenvalue weighted by Gasteiger charge is 2.14. The van der Waals surface area contributed by atoms with Gasteiger partial charge in [0.25, 0.3) is 5.91 Å². The number of carbonyl (C=O) groups is 1. The maximum atomic E-state index is 12.3. The van der Waals surface area contributed by atoms with E-state index >= 15 is 0 Å². The number of thiocarbonyl (C=S) groups is 1. The summed E-state index contributed by atoms with van der Waals surface area (Å²) in [5.74, 6) is -0.189. The van der Waals surface area contributed by atoms with Gasteiger partial charge in [-0.1, -0.05) is 29.3 Å². The second kappa shape index (κ2) is 8.55. The number of phenolic OH excluding ortho intramolecular Hbond substituents is 1. The number of carbonyl (C=O) groups excluding carboxylic acids is 1. The van der Waals surface area contributed by atoms with E-state index in [1.165, 1.54) is 24.3 Å². The topological polar surface area (TPSA) is 87.4 Å². The quantitative estimate of drug-likeness (QED) is 0.320. The van der Waals surface area contributed by atoms with Crippen molar-refractivity contribution in [3.63, 3.8) is 0 Å². The van der Waals surface area contributed by atoms with Gasteiger partial charge in [0.2, 0.25) is 5.89 Å². The van der Waals surface area contributed by atoms with Gasteiger partial charge >= 0.3 is 0 Å². The average Bonchev–Trinajstić information content (AvgIpc) is 3.12. The molecule has 0 bridgehead atoms. The van der Waals surface area contributed by atoms with Crippen LogP contribution in [0.15, 0.2) is 59.0 Å². The zero-order valence-corrected chi connectivity index (χ0v) is 18.4. The van der Waals surface area contributed by atoms with Crippen LogP contribution in [-0.2, 0) is 0 Å². The van der Waals surface area contributed by atoms with Crippen molar-refractivity contribution in [1.29, 1.82) is 0 Å². The van der Waals surface area contributed by atoms with Crippen LogP contribution in [0.5, 0.6) is 5.75 Å². The summed E-state index contributed by atoms with van der Waals surface area (Å²) < 4.78 is 5.76. The molecule has 4 aromatic rings. The van der Waals surface area contributed by atoms with Crippen molar-refractivity contribution in [2.75, 3.05) is 5.32 Å². The lowest BCUT2D eigenvalue weighted by Crippen LogP contribution is -2.34. The molecule has 0 aliphatic rings. The molecule has 0 saturated carbocycles. The summed E-state index contributed by atoms with van der Waals surface area (Å²) in [4.78, 5) is 16.7. The Hall–Kier alpha value is -3.13. The third kappa shape index (κ3) is 4.64.